The molecule has 0 saturated heterocycles. The van der Waals surface area contributed by atoms with Crippen LogP contribution in [0.25, 0.3) is 0 Å². The van der Waals surface area contributed by atoms with Crippen LogP contribution in [0.2, 0.25) is 0 Å². The molecule has 0 radical (unpaired) electrons. The summed E-state index contributed by atoms with van der Waals surface area (Å²) in [7, 11) is 1.62. The summed E-state index contributed by atoms with van der Waals surface area (Å²) < 4.78 is 4.96. The van der Waals surface area contributed by atoms with Crippen molar-refractivity contribution in [2.24, 2.45) is 0 Å². The minimum absolute atomic E-state index is 0.0639. The molecule has 0 unspecified atom stereocenters. The summed E-state index contributed by atoms with van der Waals surface area (Å²) >= 11 is 0. The highest BCUT2D eigenvalue weighted by Crippen LogP contribution is 2.15. The summed E-state index contributed by atoms with van der Waals surface area (Å²) in [6.07, 6.45) is 0.752. The largest absolute Gasteiger partial charge is 0.385 e. The summed E-state index contributed by atoms with van der Waals surface area (Å²) in [6.45, 7) is 3.14. The van der Waals surface area contributed by atoms with Crippen LogP contribution in [0.15, 0.2) is 72.8 Å². The van der Waals surface area contributed by atoms with Crippen molar-refractivity contribution in [2.75, 3.05) is 42.8 Å². The Morgan fingerprint density at radius 3 is 2.09 bits per heavy atom. The molecule has 0 bridgehead atoms. The molecular formula is C27H30N4O4. The van der Waals surface area contributed by atoms with Gasteiger partial charge < -0.3 is 26.0 Å². The molecule has 0 atom stereocenters. The van der Waals surface area contributed by atoms with Crippen molar-refractivity contribution < 1.29 is 19.1 Å². The van der Waals surface area contributed by atoms with Crippen molar-refractivity contribution in [1.29, 1.82) is 0 Å². The molecule has 3 rings (SSSR count). The zero-order valence-electron chi connectivity index (χ0n) is 19.9. The van der Waals surface area contributed by atoms with Gasteiger partial charge in [-0.05, 0) is 74.0 Å². The van der Waals surface area contributed by atoms with E-state index in [0.29, 0.717) is 35.7 Å². The molecule has 0 saturated carbocycles. The molecule has 0 fully saturated rings. The number of carbonyl (C=O) groups is 3. The molecule has 0 heterocycles. The number of hydrogen-bond acceptors (Lipinski definition) is 5. The topological polar surface area (TPSA) is 109 Å². The van der Waals surface area contributed by atoms with Crippen LogP contribution in [-0.4, -0.2) is 44.5 Å². The van der Waals surface area contributed by atoms with Gasteiger partial charge in [-0.2, -0.15) is 0 Å². The van der Waals surface area contributed by atoms with E-state index >= 15 is 0 Å². The van der Waals surface area contributed by atoms with E-state index in [1.165, 1.54) is 0 Å². The summed E-state index contributed by atoms with van der Waals surface area (Å²) in [5, 5.41) is 11.5. The number of aryl methyl sites for hydroxylation is 1. The molecule has 0 aliphatic carbocycles. The highest BCUT2D eigenvalue weighted by Gasteiger charge is 2.08. The van der Waals surface area contributed by atoms with E-state index in [4.69, 9.17) is 4.74 Å². The zero-order valence-corrected chi connectivity index (χ0v) is 19.9. The SMILES string of the molecule is COCCCNC(=O)c1ccc(NCC(=O)Nc2ccc(NC(=O)c3cccc(C)c3)cc2)cc1. The third-order valence-corrected chi connectivity index (χ3v) is 5.12. The van der Waals surface area contributed by atoms with Crippen LogP contribution in [-0.2, 0) is 9.53 Å². The minimum atomic E-state index is -0.221. The Morgan fingerprint density at radius 2 is 1.43 bits per heavy atom. The van der Waals surface area contributed by atoms with Crippen LogP contribution in [0.1, 0.15) is 32.7 Å². The van der Waals surface area contributed by atoms with Gasteiger partial charge in [0.25, 0.3) is 11.8 Å². The van der Waals surface area contributed by atoms with Gasteiger partial charge in [-0.1, -0.05) is 17.7 Å². The molecular weight excluding hydrogens is 444 g/mol. The second-order valence-electron chi connectivity index (χ2n) is 7.98. The van der Waals surface area contributed by atoms with Crippen molar-refractivity contribution in [3.63, 3.8) is 0 Å². The molecule has 35 heavy (non-hydrogen) atoms. The lowest BCUT2D eigenvalue weighted by Crippen LogP contribution is -2.25. The predicted octanol–water partition coefficient (Wildman–Crippen LogP) is 4.06. The summed E-state index contributed by atoms with van der Waals surface area (Å²) in [5.41, 5.74) is 4.13. The third-order valence-electron chi connectivity index (χ3n) is 5.12. The lowest BCUT2D eigenvalue weighted by Gasteiger charge is -2.10. The number of hydrogen-bond donors (Lipinski definition) is 4. The molecule has 0 spiro atoms. The van der Waals surface area contributed by atoms with Crippen LogP contribution in [0.3, 0.4) is 0 Å². The van der Waals surface area contributed by atoms with E-state index in [2.05, 4.69) is 21.3 Å². The lowest BCUT2D eigenvalue weighted by molar-refractivity contribution is -0.114. The average Bonchev–Trinajstić information content (AvgIpc) is 2.87. The standard InChI is InChI=1S/C27H30N4O4/c1-19-5-3-6-21(17-19)27(34)31-24-13-11-23(12-14-24)30-25(32)18-29-22-9-7-20(8-10-22)26(33)28-15-4-16-35-2/h3,5-14,17,29H,4,15-16,18H2,1-2H3,(H,28,33)(H,30,32)(H,31,34). The summed E-state index contributed by atoms with van der Waals surface area (Å²) in [6, 6.07) is 21.2. The molecule has 3 aromatic rings. The Bertz CT molecular complexity index is 1140. The van der Waals surface area contributed by atoms with E-state index < -0.39 is 0 Å². The number of rotatable bonds is 11. The maximum Gasteiger partial charge on any atom is 0.255 e. The highest BCUT2D eigenvalue weighted by molar-refractivity contribution is 6.04. The molecule has 0 aliphatic heterocycles. The first-order chi connectivity index (χ1) is 16.9. The first kappa shape index (κ1) is 25.5. The normalized spacial score (nSPS) is 10.3. The van der Waals surface area contributed by atoms with E-state index in [-0.39, 0.29) is 24.3 Å². The van der Waals surface area contributed by atoms with Crippen LogP contribution in [0.4, 0.5) is 17.1 Å². The lowest BCUT2D eigenvalue weighted by atomic mass is 10.1. The Labute approximate surface area is 205 Å². The number of anilines is 3. The number of benzene rings is 3. The first-order valence-electron chi connectivity index (χ1n) is 11.3. The molecule has 0 aliphatic rings. The zero-order chi connectivity index (χ0) is 25.0. The molecule has 3 amide bonds. The molecule has 8 heteroatoms. The smallest absolute Gasteiger partial charge is 0.255 e. The third kappa shape index (κ3) is 8.28. The molecule has 4 N–H and O–H groups in total. The fraction of sp³-hybridized carbons (Fsp3) is 0.222. The Balaban J connectivity index is 1.43. The van der Waals surface area contributed by atoms with Gasteiger partial charge in [0, 0.05) is 48.5 Å². The van der Waals surface area contributed by atoms with Crippen molar-refractivity contribution in [2.45, 2.75) is 13.3 Å². The fourth-order valence-electron chi connectivity index (χ4n) is 3.27. The van der Waals surface area contributed by atoms with E-state index in [1.807, 2.05) is 25.1 Å². The van der Waals surface area contributed by atoms with Crippen molar-refractivity contribution in [3.8, 4) is 0 Å². The molecule has 182 valence electrons. The number of amides is 3. The average molecular weight is 475 g/mol. The van der Waals surface area contributed by atoms with Gasteiger partial charge in [-0.3, -0.25) is 14.4 Å². The van der Waals surface area contributed by atoms with E-state index in [1.54, 1.807) is 61.7 Å². The van der Waals surface area contributed by atoms with Gasteiger partial charge >= 0.3 is 0 Å². The Hall–Kier alpha value is -4.17. The monoisotopic (exact) mass is 474 g/mol. The minimum Gasteiger partial charge on any atom is -0.385 e. The Kier molecular flexibility index (Phi) is 9.39. The highest BCUT2D eigenvalue weighted by atomic mass is 16.5. The van der Waals surface area contributed by atoms with Crippen LogP contribution in [0.5, 0.6) is 0 Å². The van der Waals surface area contributed by atoms with Crippen LogP contribution < -0.4 is 21.3 Å². The van der Waals surface area contributed by atoms with Gasteiger partial charge in [0.05, 0.1) is 6.54 Å². The van der Waals surface area contributed by atoms with Gasteiger partial charge in [0.15, 0.2) is 0 Å². The quantitative estimate of drug-likeness (QED) is 0.314. The van der Waals surface area contributed by atoms with Gasteiger partial charge in [-0.15, -0.1) is 0 Å². The molecule has 3 aromatic carbocycles. The van der Waals surface area contributed by atoms with Crippen LogP contribution >= 0.6 is 0 Å². The number of methoxy groups -OCH3 is 1. The van der Waals surface area contributed by atoms with E-state index in [9.17, 15) is 14.4 Å². The van der Waals surface area contributed by atoms with Crippen LogP contribution in [0, 0.1) is 6.92 Å². The fourth-order valence-corrected chi connectivity index (χ4v) is 3.27. The number of nitrogens with one attached hydrogen (secondary N) is 4. The van der Waals surface area contributed by atoms with E-state index in [0.717, 1.165) is 17.7 Å². The van der Waals surface area contributed by atoms with Crippen molar-refractivity contribution in [3.05, 3.63) is 89.5 Å². The Morgan fingerprint density at radius 1 is 0.771 bits per heavy atom. The summed E-state index contributed by atoms with van der Waals surface area (Å²) in [5.74, 6) is -0.560. The van der Waals surface area contributed by atoms with Crippen molar-refractivity contribution >= 4 is 34.8 Å². The van der Waals surface area contributed by atoms with Crippen molar-refractivity contribution in [1.82, 2.24) is 5.32 Å². The van der Waals surface area contributed by atoms with Gasteiger partial charge in [-0.25, -0.2) is 0 Å². The molecule has 0 aromatic heterocycles. The maximum atomic E-state index is 12.4. The maximum absolute atomic E-state index is 12.4. The first-order valence-corrected chi connectivity index (χ1v) is 11.3. The number of carbonyl (C=O) groups excluding carboxylic acids is 3. The van der Waals surface area contributed by atoms with Gasteiger partial charge in [0.2, 0.25) is 5.91 Å². The predicted molar refractivity (Wildman–Crippen MR) is 138 cm³/mol. The second kappa shape index (κ2) is 12.9. The summed E-state index contributed by atoms with van der Waals surface area (Å²) in [4.78, 5) is 36.8. The van der Waals surface area contributed by atoms with Gasteiger partial charge in [0.1, 0.15) is 0 Å². The second-order valence-corrected chi connectivity index (χ2v) is 7.98. The molecule has 8 nitrogen and oxygen atoms in total. The number of ether oxygens (including phenoxy) is 1.